The summed E-state index contributed by atoms with van der Waals surface area (Å²) < 4.78 is 4.96. The average Bonchev–Trinajstić information content (AvgIpc) is 2.82. The first kappa shape index (κ1) is 14.6. The summed E-state index contributed by atoms with van der Waals surface area (Å²) in [7, 11) is 0. The molecule has 2 rings (SSSR count). The molecular formula is C15H17ClN2O2. The van der Waals surface area contributed by atoms with E-state index in [0.717, 1.165) is 17.0 Å². The normalized spacial score (nSPS) is 10.5. The Balaban J connectivity index is 1.68. The van der Waals surface area contributed by atoms with Crippen LogP contribution in [0.25, 0.3) is 0 Å². The third kappa shape index (κ3) is 4.70. The van der Waals surface area contributed by atoms with Crippen LogP contribution in [0.5, 0.6) is 0 Å². The Morgan fingerprint density at radius 2 is 2.20 bits per heavy atom. The predicted octanol–water partition coefficient (Wildman–Crippen LogP) is 2.93. The van der Waals surface area contributed by atoms with Crippen molar-refractivity contribution in [1.29, 1.82) is 0 Å². The van der Waals surface area contributed by atoms with E-state index in [4.69, 9.17) is 16.1 Å². The molecular weight excluding hydrogens is 276 g/mol. The lowest BCUT2D eigenvalue weighted by Gasteiger charge is -2.04. The second-order valence-corrected chi connectivity index (χ2v) is 5.10. The lowest BCUT2D eigenvalue weighted by Crippen LogP contribution is -2.25. The average molecular weight is 293 g/mol. The van der Waals surface area contributed by atoms with Crippen LogP contribution in [-0.2, 0) is 17.6 Å². The summed E-state index contributed by atoms with van der Waals surface area (Å²) in [6.45, 7) is 2.42. The maximum Gasteiger partial charge on any atom is 0.220 e. The van der Waals surface area contributed by atoms with Crippen molar-refractivity contribution in [3.63, 3.8) is 0 Å². The molecule has 0 fully saturated rings. The number of hydrogen-bond acceptors (Lipinski definition) is 3. The van der Waals surface area contributed by atoms with Crippen molar-refractivity contribution in [2.24, 2.45) is 0 Å². The van der Waals surface area contributed by atoms with E-state index in [0.29, 0.717) is 30.8 Å². The Morgan fingerprint density at radius 1 is 1.35 bits per heavy atom. The maximum atomic E-state index is 11.7. The first-order chi connectivity index (χ1) is 9.63. The molecule has 0 atom stereocenters. The number of halogens is 1. The molecule has 106 valence electrons. The highest BCUT2D eigenvalue weighted by Crippen LogP contribution is 2.12. The molecule has 0 unspecified atom stereocenters. The molecule has 0 bridgehead atoms. The smallest absolute Gasteiger partial charge is 0.220 e. The molecule has 1 heterocycles. The van der Waals surface area contributed by atoms with Gasteiger partial charge in [0.1, 0.15) is 5.76 Å². The summed E-state index contributed by atoms with van der Waals surface area (Å²) in [4.78, 5) is 11.7. The van der Waals surface area contributed by atoms with Gasteiger partial charge >= 0.3 is 0 Å². The number of aromatic nitrogens is 1. The van der Waals surface area contributed by atoms with Gasteiger partial charge in [0, 0.05) is 30.5 Å². The Bertz CT molecular complexity index is 581. The third-order valence-corrected chi connectivity index (χ3v) is 3.14. The zero-order chi connectivity index (χ0) is 14.4. The van der Waals surface area contributed by atoms with Crippen molar-refractivity contribution in [3.8, 4) is 0 Å². The van der Waals surface area contributed by atoms with Crippen molar-refractivity contribution >= 4 is 17.5 Å². The minimum atomic E-state index is 0.0326. The van der Waals surface area contributed by atoms with Crippen LogP contribution in [-0.4, -0.2) is 17.6 Å². The van der Waals surface area contributed by atoms with Crippen molar-refractivity contribution in [2.75, 3.05) is 6.54 Å². The van der Waals surface area contributed by atoms with Gasteiger partial charge in [-0.3, -0.25) is 4.79 Å². The van der Waals surface area contributed by atoms with Gasteiger partial charge in [-0.1, -0.05) is 28.9 Å². The summed E-state index contributed by atoms with van der Waals surface area (Å²) >= 11 is 5.90. The Kier molecular flexibility index (Phi) is 5.18. The van der Waals surface area contributed by atoms with Crippen molar-refractivity contribution < 1.29 is 9.32 Å². The van der Waals surface area contributed by atoms with Crippen molar-refractivity contribution in [3.05, 3.63) is 52.4 Å². The number of nitrogens with one attached hydrogen (secondary N) is 1. The van der Waals surface area contributed by atoms with Gasteiger partial charge in [-0.25, -0.2) is 0 Å². The van der Waals surface area contributed by atoms with Gasteiger partial charge in [-0.2, -0.15) is 0 Å². The Morgan fingerprint density at radius 3 is 2.90 bits per heavy atom. The van der Waals surface area contributed by atoms with E-state index >= 15 is 0 Å². The number of amides is 1. The van der Waals surface area contributed by atoms with Gasteiger partial charge < -0.3 is 9.84 Å². The summed E-state index contributed by atoms with van der Waals surface area (Å²) in [5.41, 5.74) is 1.93. The van der Waals surface area contributed by atoms with Crippen LogP contribution in [0.1, 0.15) is 23.4 Å². The quantitative estimate of drug-likeness (QED) is 0.890. The summed E-state index contributed by atoms with van der Waals surface area (Å²) in [5, 5.41) is 7.45. The fraction of sp³-hybridized carbons (Fsp3) is 0.333. The van der Waals surface area contributed by atoms with Gasteiger partial charge in [0.05, 0.1) is 5.69 Å². The molecule has 1 N–H and O–H groups in total. The molecule has 0 aliphatic heterocycles. The predicted molar refractivity (Wildman–Crippen MR) is 77.7 cm³/mol. The van der Waals surface area contributed by atoms with Gasteiger partial charge in [-0.15, -0.1) is 0 Å². The first-order valence-electron chi connectivity index (χ1n) is 6.57. The summed E-state index contributed by atoms with van der Waals surface area (Å²) in [5.74, 6) is 0.817. The van der Waals surface area contributed by atoms with E-state index < -0.39 is 0 Å². The Labute approximate surface area is 123 Å². The number of nitrogens with zero attached hydrogens (tertiary/aromatic N) is 1. The standard InChI is InChI=1S/C15H17ClN2O2/c1-11-9-14(18-20-11)7-8-17-15(19)6-5-12-3-2-4-13(16)10-12/h2-4,9-10H,5-8H2,1H3,(H,17,19). The lowest BCUT2D eigenvalue weighted by molar-refractivity contribution is -0.121. The molecule has 0 radical (unpaired) electrons. The molecule has 1 amide bonds. The number of hydrogen-bond donors (Lipinski definition) is 1. The molecule has 1 aromatic carbocycles. The molecule has 20 heavy (non-hydrogen) atoms. The van der Waals surface area contributed by atoms with Crippen LogP contribution in [0.3, 0.4) is 0 Å². The van der Waals surface area contributed by atoms with Gasteiger partial charge in [0.25, 0.3) is 0 Å². The summed E-state index contributed by atoms with van der Waals surface area (Å²) in [6, 6.07) is 9.44. The highest BCUT2D eigenvalue weighted by atomic mass is 35.5. The van der Waals surface area contributed by atoms with Crippen molar-refractivity contribution in [2.45, 2.75) is 26.2 Å². The van der Waals surface area contributed by atoms with Crippen LogP contribution in [0, 0.1) is 6.92 Å². The highest BCUT2D eigenvalue weighted by molar-refractivity contribution is 6.30. The number of rotatable bonds is 6. The van der Waals surface area contributed by atoms with E-state index in [9.17, 15) is 4.79 Å². The lowest BCUT2D eigenvalue weighted by atomic mass is 10.1. The summed E-state index contributed by atoms with van der Waals surface area (Å²) in [6.07, 6.45) is 1.83. The van der Waals surface area contributed by atoms with Crippen LogP contribution in [0.15, 0.2) is 34.9 Å². The zero-order valence-corrected chi connectivity index (χ0v) is 12.1. The monoisotopic (exact) mass is 292 g/mol. The molecule has 5 heteroatoms. The van der Waals surface area contributed by atoms with Crippen molar-refractivity contribution in [1.82, 2.24) is 10.5 Å². The third-order valence-electron chi connectivity index (χ3n) is 2.91. The van der Waals surface area contributed by atoms with E-state index in [1.165, 1.54) is 0 Å². The highest BCUT2D eigenvalue weighted by Gasteiger charge is 2.04. The SMILES string of the molecule is Cc1cc(CCNC(=O)CCc2cccc(Cl)c2)no1. The second-order valence-electron chi connectivity index (χ2n) is 4.66. The van der Waals surface area contributed by atoms with Crippen LogP contribution in [0.2, 0.25) is 5.02 Å². The minimum absolute atomic E-state index is 0.0326. The molecule has 0 spiro atoms. The fourth-order valence-electron chi connectivity index (χ4n) is 1.90. The zero-order valence-electron chi connectivity index (χ0n) is 11.4. The number of benzene rings is 1. The minimum Gasteiger partial charge on any atom is -0.361 e. The van der Waals surface area contributed by atoms with E-state index in [1.807, 2.05) is 37.3 Å². The molecule has 0 saturated heterocycles. The van der Waals surface area contributed by atoms with Crippen LogP contribution >= 0.6 is 11.6 Å². The number of carbonyl (C=O) groups excluding carboxylic acids is 1. The second kappa shape index (κ2) is 7.10. The van der Waals surface area contributed by atoms with Gasteiger partial charge in [0.15, 0.2) is 0 Å². The van der Waals surface area contributed by atoms with Gasteiger partial charge in [0.2, 0.25) is 5.91 Å². The van der Waals surface area contributed by atoms with E-state index in [1.54, 1.807) is 0 Å². The molecule has 4 nitrogen and oxygen atoms in total. The molecule has 0 saturated carbocycles. The number of carbonyl (C=O) groups is 1. The van der Waals surface area contributed by atoms with E-state index in [-0.39, 0.29) is 5.91 Å². The fourth-order valence-corrected chi connectivity index (χ4v) is 2.12. The molecule has 0 aliphatic rings. The topological polar surface area (TPSA) is 55.1 Å². The maximum absolute atomic E-state index is 11.7. The largest absolute Gasteiger partial charge is 0.361 e. The van der Waals surface area contributed by atoms with Crippen LogP contribution in [0.4, 0.5) is 0 Å². The first-order valence-corrected chi connectivity index (χ1v) is 6.94. The molecule has 0 aliphatic carbocycles. The Hall–Kier alpha value is -1.81. The molecule has 1 aromatic heterocycles. The number of aryl methyl sites for hydroxylation is 2. The molecule has 2 aromatic rings. The van der Waals surface area contributed by atoms with Gasteiger partial charge in [-0.05, 0) is 31.0 Å². The van der Waals surface area contributed by atoms with E-state index in [2.05, 4.69) is 10.5 Å². The van der Waals surface area contributed by atoms with Crippen LogP contribution < -0.4 is 5.32 Å².